The van der Waals surface area contributed by atoms with E-state index >= 15 is 0 Å². The fourth-order valence-corrected chi connectivity index (χ4v) is 12.4. The highest BCUT2D eigenvalue weighted by Gasteiger charge is 2.44. The molecule has 12 nitrogen and oxygen atoms in total. The van der Waals surface area contributed by atoms with Crippen molar-refractivity contribution in [3.63, 3.8) is 0 Å². The number of hydrogen-bond donors (Lipinski definition) is 0. The predicted octanol–water partition coefficient (Wildman–Crippen LogP) is 9.20. The molecular formula is C50H54Cl2F2N10O2. The minimum Gasteiger partial charge on any atom is -0.371 e. The fourth-order valence-electron chi connectivity index (χ4n) is 11.9. The van der Waals surface area contributed by atoms with Crippen molar-refractivity contribution >= 4 is 34.6 Å². The van der Waals surface area contributed by atoms with Gasteiger partial charge in [0.15, 0.2) is 23.3 Å². The Bertz CT molecular complexity index is 2480. The number of aryl methyl sites for hydroxylation is 2. The van der Waals surface area contributed by atoms with Gasteiger partial charge in [0.2, 0.25) is 0 Å². The number of anilines is 2. The Labute approximate surface area is 393 Å². The van der Waals surface area contributed by atoms with Gasteiger partial charge in [0.1, 0.15) is 23.8 Å². The molecule has 4 aliphatic heterocycles. The monoisotopic (exact) mass is 934 g/mol. The number of fused-ring (bicyclic) bond motifs is 6. The highest BCUT2D eigenvalue weighted by atomic mass is 35.5. The van der Waals surface area contributed by atoms with Gasteiger partial charge in [-0.2, -0.15) is 10.2 Å². The van der Waals surface area contributed by atoms with E-state index in [1.807, 2.05) is 35.6 Å². The fraction of sp³-hybridized carbons (Fsp3) is 0.480. The third kappa shape index (κ3) is 8.93. The van der Waals surface area contributed by atoms with Crippen molar-refractivity contribution in [3.8, 4) is 0 Å². The third-order valence-corrected chi connectivity index (χ3v) is 15.3. The van der Waals surface area contributed by atoms with Gasteiger partial charge < -0.3 is 19.3 Å². The Balaban J connectivity index is 0.000000146. The number of nitrogens with zero attached hydrogens (tertiary/aromatic N) is 10. The van der Waals surface area contributed by atoms with E-state index in [-0.39, 0.29) is 11.6 Å². The maximum absolute atomic E-state index is 14.0. The van der Waals surface area contributed by atoms with Crippen molar-refractivity contribution in [3.05, 3.63) is 141 Å². The SMILES string of the molecule is Cc1cc(N2C[C@H]3CC[C@@H](C2)C3Cc2nc3n(n2)CCO[C@@H]3c2cc(F)cc(Cl)c2)ccn1.Cc1cc(N2C[C@H]3CC[C@@H](C2)C3Cc2nc3n(n2)CCO[C@H]3c2cc(F)cc(Cl)c2)ccn1. The molecule has 6 aliphatic rings. The summed E-state index contributed by atoms with van der Waals surface area (Å²) in [5.41, 5.74) is 6.04. The van der Waals surface area contributed by atoms with Crippen molar-refractivity contribution in [2.24, 2.45) is 35.5 Å². The van der Waals surface area contributed by atoms with Gasteiger partial charge in [-0.1, -0.05) is 23.2 Å². The Morgan fingerprint density at radius 2 is 0.985 bits per heavy atom. The van der Waals surface area contributed by atoms with Gasteiger partial charge in [-0.15, -0.1) is 0 Å². The van der Waals surface area contributed by atoms with Crippen LogP contribution in [0.25, 0.3) is 0 Å². The standard InChI is InChI=1S/2C25H27ClFN5O/c2*1-15-8-21(4-5-28-15)31-13-16-2-3-17(14-31)22(16)12-23-29-25-24(33-7-6-32(25)30-23)18-9-19(26)11-20(27)10-18/h2*4-5,8-11,16-17,22,24H,2-3,6-7,12-14H2,1H3/t2*16-,17+,22?,24-/m10/s1. The number of ether oxygens (including phenoxy) is 2. The first-order chi connectivity index (χ1) is 32.1. The van der Waals surface area contributed by atoms with Crippen molar-refractivity contribution in [2.45, 2.75) is 77.7 Å². The molecule has 12 rings (SSSR count). The second-order valence-corrected chi connectivity index (χ2v) is 20.1. The molecule has 6 aromatic rings. The second-order valence-electron chi connectivity index (χ2n) is 19.2. The summed E-state index contributed by atoms with van der Waals surface area (Å²) in [6.45, 7) is 10.8. The normalized spacial score (nSPS) is 26.5. The first-order valence-corrected chi connectivity index (χ1v) is 24.2. The number of rotatable bonds is 8. The summed E-state index contributed by atoms with van der Waals surface area (Å²) < 4.78 is 43.7. The molecule has 16 heteroatoms. The lowest BCUT2D eigenvalue weighted by atomic mass is 9.82. The van der Waals surface area contributed by atoms with Crippen molar-refractivity contribution in [1.29, 1.82) is 0 Å². The van der Waals surface area contributed by atoms with Gasteiger partial charge in [0.25, 0.3) is 0 Å². The number of halogens is 4. The molecule has 2 unspecified atom stereocenters. The minimum atomic E-state index is -0.443. The maximum Gasteiger partial charge on any atom is 0.161 e. The molecule has 0 N–H and O–H groups in total. The summed E-state index contributed by atoms with van der Waals surface area (Å²) >= 11 is 12.2. The molecule has 8 atom stereocenters. The largest absolute Gasteiger partial charge is 0.371 e. The molecule has 0 radical (unpaired) electrons. The molecule has 0 spiro atoms. The maximum atomic E-state index is 14.0. The molecule has 2 aromatic carbocycles. The molecular weight excluding hydrogens is 882 g/mol. The van der Waals surface area contributed by atoms with E-state index < -0.39 is 12.2 Å². The van der Waals surface area contributed by atoms with Gasteiger partial charge in [0, 0.05) is 84.2 Å². The van der Waals surface area contributed by atoms with E-state index in [0.717, 1.165) is 73.7 Å². The average molecular weight is 936 g/mol. The zero-order chi connectivity index (χ0) is 45.1. The highest BCUT2D eigenvalue weighted by Crippen LogP contribution is 2.46. The summed E-state index contributed by atoms with van der Waals surface area (Å²) in [7, 11) is 0. The van der Waals surface area contributed by atoms with E-state index in [0.29, 0.717) is 83.0 Å². The Kier molecular flexibility index (Phi) is 12.0. The number of piperidine rings is 2. The van der Waals surface area contributed by atoms with E-state index in [9.17, 15) is 8.78 Å². The Hall–Kier alpha value is -5.02. The van der Waals surface area contributed by atoms with Crippen LogP contribution in [0.15, 0.2) is 73.1 Å². The number of benzene rings is 2. The number of pyridine rings is 2. The molecule has 4 aromatic heterocycles. The van der Waals surface area contributed by atoms with Gasteiger partial charge >= 0.3 is 0 Å². The first-order valence-electron chi connectivity index (χ1n) is 23.4. The van der Waals surface area contributed by atoms with Crippen LogP contribution < -0.4 is 9.80 Å². The van der Waals surface area contributed by atoms with Crippen LogP contribution in [0.1, 0.15) is 83.7 Å². The summed E-state index contributed by atoms with van der Waals surface area (Å²) in [5, 5.41) is 10.4. The molecule has 2 saturated carbocycles. The van der Waals surface area contributed by atoms with Gasteiger partial charge in [-0.3, -0.25) is 9.97 Å². The Morgan fingerprint density at radius 3 is 1.36 bits per heavy atom. The highest BCUT2D eigenvalue weighted by molar-refractivity contribution is 6.30. The molecule has 2 saturated heterocycles. The first kappa shape index (κ1) is 43.5. The van der Waals surface area contributed by atoms with Crippen LogP contribution >= 0.6 is 23.2 Å². The van der Waals surface area contributed by atoms with E-state index in [1.165, 1.54) is 61.3 Å². The van der Waals surface area contributed by atoms with Crippen molar-refractivity contribution in [2.75, 3.05) is 49.2 Å². The van der Waals surface area contributed by atoms with Gasteiger partial charge in [-0.25, -0.2) is 28.1 Å². The third-order valence-electron chi connectivity index (χ3n) is 14.9. The summed E-state index contributed by atoms with van der Waals surface area (Å²) in [5.74, 6) is 6.27. The molecule has 0 amide bonds. The number of hydrogen-bond acceptors (Lipinski definition) is 10. The van der Waals surface area contributed by atoms with Crippen LogP contribution in [0, 0.1) is 61.0 Å². The minimum absolute atomic E-state index is 0.359. The van der Waals surface area contributed by atoms with Crippen LogP contribution in [-0.2, 0) is 35.4 Å². The van der Waals surface area contributed by atoms with Crippen LogP contribution in [-0.4, -0.2) is 78.9 Å². The zero-order valence-corrected chi connectivity index (χ0v) is 38.8. The van der Waals surface area contributed by atoms with Crippen LogP contribution in [0.5, 0.6) is 0 Å². The zero-order valence-electron chi connectivity index (χ0n) is 37.2. The molecule has 8 heterocycles. The van der Waals surface area contributed by atoms with E-state index in [2.05, 4.69) is 44.0 Å². The topological polar surface area (TPSA) is 112 Å². The average Bonchev–Trinajstić information content (AvgIpc) is 4.01. The smallest absolute Gasteiger partial charge is 0.161 e. The lowest BCUT2D eigenvalue weighted by molar-refractivity contribution is 0.0387. The van der Waals surface area contributed by atoms with Gasteiger partial charge in [0.05, 0.1) is 26.3 Å². The predicted molar refractivity (Wildman–Crippen MR) is 248 cm³/mol. The van der Waals surface area contributed by atoms with Gasteiger partial charge in [-0.05, 0) is 147 Å². The van der Waals surface area contributed by atoms with Crippen LogP contribution in [0.3, 0.4) is 0 Å². The molecule has 4 fully saturated rings. The second kappa shape index (κ2) is 18.2. The molecule has 344 valence electrons. The quantitative estimate of drug-likeness (QED) is 0.147. The lowest BCUT2D eigenvalue weighted by Gasteiger charge is -2.39. The van der Waals surface area contributed by atoms with Crippen molar-refractivity contribution < 1.29 is 18.3 Å². The van der Waals surface area contributed by atoms with Crippen LogP contribution in [0.2, 0.25) is 10.0 Å². The Morgan fingerprint density at radius 1 is 0.576 bits per heavy atom. The molecule has 66 heavy (non-hydrogen) atoms. The summed E-state index contributed by atoms with van der Waals surface area (Å²) in [6, 6.07) is 17.7. The molecule has 4 bridgehead atoms. The summed E-state index contributed by atoms with van der Waals surface area (Å²) in [4.78, 5) is 23.5. The number of aromatic nitrogens is 8. The summed E-state index contributed by atoms with van der Waals surface area (Å²) in [6.07, 6.45) is 9.74. The molecule has 2 aliphatic carbocycles. The van der Waals surface area contributed by atoms with E-state index in [1.54, 1.807) is 12.1 Å². The van der Waals surface area contributed by atoms with E-state index in [4.69, 9.17) is 52.8 Å². The van der Waals surface area contributed by atoms with Crippen molar-refractivity contribution in [1.82, 2.24) is 39.5 Å². The van der Waals surface area contributed by atoms with Crippen LogP contribution in [0.4, 0.5) is 20.2 Å². The lowest BCUT2D eigenvalue weighted by Crippen LogP contribution is -2.42.